The van der Waals surface area contributed by atoms with Crippen molar-refractivity contribution in [3.63, 3.8) is 0 Å². The van der Waals surface area contributed by atoms with Gasteiger partial charge in [-0.2, -0.15) is 0 Å². The molecule has 0 saturated heterocycles. The number of benzene rings is 1. The first-order valence-electron chi connectivity index (χ1n) is 11.9. The molecule has 2 aromatic rings. The molecule has 0 aliphatic heterocycles. The minimum atomic E-state index is -0.276. The molecule has 0 saturated carbocycles. The van der Waals surface area contributed by atoms with Crippen LogP contribution >= 0.6 is 12.4 Å². The second-order valence-corrected chi connectivity index (χ2v) is 8.13. The van der Waals surface area contributed by atoms with E-state index in [2.05, 4.69) is 16.9 Å². The fraction of sp³-hybridized carbons (Fsp3) is 0.680. The summed E-state index contributed by atoms with van der Waals surface area (Å²) >= 11 is 0. The van der Waals surface area contributed by atoms with Crippen LogP contribution in [0.25, 0.3) is 11.0 Å². The van der Waals surface area contributed by atoms with Crippen LogP contribution in [-0.2, 0) is 11.2 Å². The number of carbonyl (C=O) groups is 1. The van der Waals surface area contributed by atoms with E-state index in [4.69, 9.17) is 4.74 Å². The van der Waals surface area contributed by atoms with Gasteiger partial charge in [0.1, 0.15) is 5.82 Å². The van der Waals surface area contributed by atoms with Gasteiger partial charge in [0.15, 0.2) is 0 Å². The lowest BCUT2D eigenvalue weighted by molar-refractivity contribution is 0.0526. The first-order chi connectivity index (χ1) is 14.2. The molecule has 170 valence electrons. The van der Waals surface area contributed by atoms with Gasteiger partial charge in [-0.05, 0) is 31.5 Å². The number of halogens is 1. The molecule has 4 nitrogen and oxygen atoms in total. The number of fused-ring (bicyclic) bond motifs is 1. The number of aryl methyl sites for hydroxylation is 1. The summed E-state index contributed by atoms with van der Waals surface area (Å²) < 4.78 is 5.06. The summed E-state index contributed by atoms with van der Waals surface area (Å²) in [6, 6.07) is 5.52. The zero-order chi connectivity index (χ0) is 20.7. The van der Waals surface area contributed by atoms with E-state index in [0.29, 0.717) is 12.2 Å². The fourth-order valence-electron chi connectivity index (χ4n) is 3.83. The Kier molecular flexibility index (Phi) is 14.3. The summed E-state index contributed by atoms with van der Waals surface area (Å²) in [4.78, 5) is 19.9. The molecule has 30 heavy (non-hydrogen) atoms. The Morgan fingerprint density at radius 2 is 1.43 bits per heavy atom. The number of aromatic nitrogens is 2. The van der Waals surface area contributed by atoms with Crippen LogP contribution in [0.4, 0.5) is 0 Å². The van der Waals surface area contributed by atoms with Crippen molar-refractivity contribution < 1.29 is 9.53 Å². The minimum Gasteiger partial charge on any atom is -0.462 e. The predicted molar refractivity (Wildman–Crippen MR) is 129 cm³/mol. The fourth-order valence-corrected chi connectivity index (χ4v) is 3.83. The molecule has 0 aliphatic rings. The summed E-state index contributed by atoms with van der Waals surface area (Å²) in [5, 5.41) is 0. The molecule has 0 atom stereocenters. The lowest BCUT2D eigenvalue weighted by Crippen LogP contribution is -2.04. The number of imidazole rings is 1. The Hall–Kier alpha value is -1.55. The number of ether oxygens (including phenoxy) is 1. The molecule has 0 spiro atoms. The molecule has 1 heterocycles. The zero-order valence-corrected chi connectivity index (χ0v) is 19.8. The van der Waals surface area contributed by atoms with Crippen molar-refractivity contribution in [3.05, 3.63) is 29.6 Å². The van der Waals surface area contributed by atoms with Crippen molar-refractivity contribution in [2.24, 2.45) is 0 Å². The third kappa shape index (κ3) is 9.97. The van der Waals surface area contributed by atoms with Crippen LogP contribution in [0.2, 0.25) is 0 Å². The molecule has 0 aliphatic carbocycles. The summed E-state index contributed by atoms with van der Waals surface area (Å²) in [5.74, 6) is 0.742. The number of hydrogen-bond acceptors (Lipinski definition) is 3. The number of unbranched alkanes of at least 4 members (excludes halogenated alkanes) is 12. The highest BCUT2D eigenvalue weighted by atomic mass is 35.5. The standard InChI is InChI=1S/C25H40N2O2.ClH/c1-3-5-6-7-8-9-10-11-12-13-14-15-16-17-24-26-22-19-18-21(20-23(22)27-24)25(28)29-4-2;/h18-20H,3-17H2,1-2H3,(H,26,27);1H. The highest BCUT2D eigenvalue weighted by Crippen LogP contribution is 2.17. The van der Waals surface area contributed by atoms with E-state index in [0.717, 1.165) is 23.3 Å². The number of nitrogens with zero attached hydrogens (tertiary/aromatic N) is 1. The molecule has 0 unspecified atom stereocenters. The van der Waals surface area contributed by atoms with E-state index in [-0.39, 0.29) is 18.4 Å². The molecule has 2 rings (SSSR count). The Morgan fingerprint density at radius 1 is 0.867 bits per heavy atom. The van der Waals surface area contributed by atoms with E-state index < -0.39 is 0 Å². The lowest BCUT2D eigenvalue weighted by Gasteiger charge is -2.02. The lowest BCUT2D eigenvalue weighted by atomic mass is 10.0. The van der Waals surface area contributed by atoms with Crippen molar-refractivity contribution in [1.82, 2.24) is 9.97 Å². The zero-order valence-electron chi connectivity index (χ0n) is 19.0. The predicted octanol–water partition coefficient (Wildman–Crippen LogP) is 7.80. The molecule has 0 amide bonds. The topological polar surface area (TPSA) is 55.0 Å². The van der Waals surface area contributed by atoms with Crippen molar-refractivity contribution in [1.29, 1.82) is 0 Å². The first-order valence-corrected chi connectivity index (χ1v) is 11.9. The van der Waals surface area contributed by atoms with Crippen LogP contribution in [0.1, 0.15) is 114 Å². The van der Waals surface area contributed by atoms with Gasteiger partial charge >= 0.3 is 5.97 Å². The average molecular weight is 437 g/mol. The van der Waals surface area contributed by atoms with Crippen molar-refractivity contribution in [3.8, 4) is 0 Å². The molecule has 5 heteroatoms. The molecular formula is C25H41ClN2O2. The van der Waals surface area contributed by atoms with E-state index in [1.54, 1.807) is 6.07 Å². The number of hydrogen-bond donors (Lipinski definition) is 1. The molecule has 0 radical (unpaired) electrons. The van der Waals surface area contributed by atoms with Crippen LogP contribution in [0.5, 0.6) is 0 Å². The number of carbonyl (C=O) groups excluding carboxylic acids is 1. The Morgan fingerprint density at radius 3 is 2.00 bits per heavy atom. The molecule has 0 bridgehead atoms. The molecule has 1 N–H and O–H groups in total. The van der Waals surface area contributed by atoms with Gasteiger partial charge in [0.05, 0.1) is 23.2 Å². The highest BCUT2D eigenvalue weighted by molar-refractivity contribution is 5.93. The van der Waals surface area contributed by atoms with Crippen molar-refractivity contribution in [2.45, 2.75) is 104 Å². The van der Waals surface area contributed by atoms with Gasteiger partial charge in [-0.3, -0.25) is 0 Å². The summed E-state index contributed by atoms with van der Waals surface area (Å²) in [6.45, 7) is 4.49. The van der Waals surface area contributed by atoms with Crippen LogP contribution in [-0.4, -0.2) is 22.5 Å². The van der Waals surface area contributed by atoms with Gasteiger partial charge in [0.25, 0.3) is 0 Å². The van der Waals surface area contributed by atoms with Gasteiger partial charge in [-0.15, -0.1) is 12.4 Å². The molecule has 1 aromatic heterocycles. The largest absolute Gasteiger partial charge is 0.462 e. The van der Waals surface area contributed by atoms with Crippen LogP contribution < -0.4 is 0 Å². The van der Waals surface area contributed by atoms with Gasteiger partial charge in [0.2, 0.25) is 0 Å². The number of H-pyrrole nitrogens is 1. The Balaban J connectivity index is 0.00000450. The second-order valence-electron chi connectivity index (χ2n) is 8.13. The normalized spacial score (nSPS) is 10.9. The van der Waals surface area contributed by atoms with Crippen molar-refractivity contribution >= 4 is 29.4 Å². The first kappa shape index (κ1) is 26.5. The van der Waals surface area contributed by atoms with Crippen LogP contribution in [0.15, 0.2) is 18.2 Å². The van der Waals surface area contributed by atoms with Gasteiger partial charge < -0.3 is 9.72 Å². The number of nitrogens with one attached hydrogen (secondary N) is 1. The second kappa shape index (κ2) is 16.2. The SMILES string of the molecule is CCCCCCCCCCCCCCCc1nc2ccc(C(=O)OCC)cc2[nH]1.Cl. The van der Waals surface area contributed by atoms with Crippen LogP contribution in [0, 0.1) is 0 Å². The highest BCUT2D eigenvalue weighted by Gasteiger charge is 2.09. The smallest absolute Gasteiger partial charge is 0.338 e. The van der Waals surface area contributed by atoms with E-state index in [1.807, 2.05) is 19.1 Å². The van der Waals surface area contributed by atoms with Gasteiger partial charge in [0, 0.05) is 6.42 Å². The van der Waals surface area contributed by atoms with Gasteiger partial charge in [-0.25, -0.2) is 9.78 Å². The van der Waals surface area contributed by atoms with Crippen molar-refractivity contribution in [2.75, 3.05) is 6.61 Å². The molecular weight excluding hydrogens is 396 g/mol. The summed E-state index contributed by atoms with van der Waals surface area (Å²) in [7, 11) is 0. The minimum absolute atomic E-state index is 0. The maximum absolute atomic E-state index is 11.8. The third-order valence-corrected chi connectivity index (χ3v) is 5.56. The monoisotopic (exact) mass is 436 g/mol. The summed E-state index contributed by atoms with van der Waals surface area (Å²) in [5.41, 5.74) is 2.42. The number of rotatable bonds is 16. The molecule has 1 aromatic carbocycles. The Bertz CT molecular complexity index is 714. The van der Waals surface area contributed by atoms with E-state index in [1.165, 1.54) is 83.5 Å². The molecule has 0 fully saturated rings. The average Bonchev–Trinajstić information content (AvgIpc) is 3.13. The summed E-state index contributed by atoms with van der Waals surface area (Å²) in [6.07, 6.45) is 18.7. The van der Waals surface area contributed by atoms with E-state index >= 15 is 0 Å². The number of esters is 1. The maximum Gasteiger partial charge on any atom is 0.338 e. The quantitative estimate of drug-likeness (QED) is 0.215. The third-order valence-electron chi connectivity index (χ3n) is 5.56. The van der Waals surface area contributed by atoms with Gasteiger partial charge in [-0.1, -0.05) is 84.0 Å². The Labute approximate surface area is 189 Å². The number of aromatic amines is 1. The van der Waals surface area contributed by atoms with Crippen LogP contribution in [0.3, 0.4) is 0 Å². The maximum atomic E-state index is 11.8. The van der Waals surface area contributed by atoms with E-state index in [9.17, 15) is 4.79 Å².